The van der Waals surface area contributed by atoms with Crippen LogP contribution >= 0.6 is 11.6 Å². The van der Waals surface area contributed by atoms with Crippen molar-refractivity contribution >= 4 is 50.9 Å². The fraction of sp³-hybridized carbons (Fsp3) is 0. The van der Waals surface area contributed by atoms with Crippen molar-refractivity contribution in [3.05, 3.63) is 101 Å². The minimum Gasteiger partial charge on any atom is -0.312 e. The van der Waals surface area contributed by atoms with Crippen molar-refractivity contribution in [3.63, 3.8) is 0 Å². The highest BCUT2D eigenvalue weighted by atomic mass is 35.5. The second-order valence-electron chi connectivity index (χ2n) is 6.62. The van der Waals surface area contributed by atoms with Crippen LogP contribution in [-0.4, -0.2) is 11.7 Å². The SMILES string of the molecule is O=C1ON=C(c2ccc(Cl)cc2)/C1=C/c1c2ccccc2cc2ccccc12. The number of fused-ring (bicyclic) bond motifs is 2. The summed E-state index contributed by atoms with van der Waals surface area (Å²) in [7, 11) is 0. The van der Waals surface area contributed by atoms with Gasteiger partial charge in [-0.05, 0) is 51.4 Å². The van der Waals surface area contributed by atoms with E-state index in [9.17, 15) is 4.79 Å². The van der Waals surface area contributed by atoms with E-state index < -0.39 is 5.97 Å². The van der Waals surface area contributed by atoms with E-state index in [4.69, 9.17) is 16.4 Å². The lowest BCUT2D eigenvalue weighted by Gasteiger charge is -2.09. The zero-order chi connectivity index (χ0) is 19.1. The Morgan fingerprint density at radius 1 is 0.821 bits per heavy atom. The number of carbonyl (C=O) groups excluding carboxylic acids is 1. The molecule has 1 heterocycles. The third-order valence-electron chi connectivity index (χ3n) is 4.91. The van der Waals surface area contributed by atoms with Crippen LogP contribution in [0.4, 0.5) is 0 Å². The molecule has 1 aliphatic rings. The van der Waals surface area contributed by atoms with Gasteiger partial charge in [0, 0.05) is 10.6 Å². The summed E-state index contributed by atoms with van der Waals surface area (Å²) in [4.78, 5) is 17.5. The van der Waals surface area contributed by atoms with Crippen LogP contribution in [0.15, 0.2) is 89.6 Å². The van der Waals surface area contributed by atoms with E-state index in [0.29, 0.717) is 16.3 Å². The number of rotatable bonds is 2. The summed E-state index contributed by atoms with van der Waals surface area (Å²) >= 11 is 5.99. The van der Waals surface area contributed by atoms with Gasteiger partial charge in [-0.25, -0.2) is 4.79 Å². The summed E-state index contributed by atoms with van der Waals surface area (Å²) in [6, 6.07) is 25.7. The van der Waals surface area contributed by atoms with E-state index in [0.717, 1.165) is 32.7 Å². The minimum atomic E-state index is -0.457. The largest absolute Gasteiger partial charge is 0.368 e. The van der Waals surface area contributed by atoms with Crippen molar-refractivity contribution < 1.29 is 9.63 Å². The van der Waals surface area contributed by atoms with Gasteiger partial charge in [0.2, 0.25) is 0 Å². The number of carbonyl (C=O) groups is 1. The Balaban J connectivity index is 1.77. The zero-order valence-corrected chi connectivity index (χ0v) is 15.5. The molecule has 0 aromatic heterocycles. The average molecular weight is 384 g/mol. The summed E-state index contributed by atoms with van der Waals surface area (Å²) in [6.45, 7) is 0. The molecule has 0 atom stereocenters. The first-order valence-corrected chi connectivity index (χ1v) is 9.26. The number of hydrogen-bond donors (Lipinski definition) is 0. The van der Waals surface area contributed by atoms with E-state index in [1.165, 1.54) is 0 Å². The third-order valence-corrected chi connectivity index (χ3v) is 5.17. The third kappa shape index (κ3) is 2.77. The first kappa shape index (κ1) is 16.7. The van der Waals surface area contributed by atoms with Gasteiger partial charge >= 0.3 is 5.97 Å². The molecule has 0 amide bonds. The highest BCUT2D eigenvalue weighted by Crippen LogP contribution is 2.32. The quantitative estimate of drug-likeness (QED) is 0.242. The standard InChI is InChI=1S/C24H14ClNO2/c25-18-11-9-15(10-12-18)23-22(24(27)28-26-23)14-21-19-7-3-1-5-16(19)13-17-6-2-4-8-20(17)21/h1-14H/b22-14-. The summed E-state index contributed by atoms with van der Waals surface area (Å²) in [6.07, 6.45) is 1.88. The summed E-state index contributed by atoms with van der Waals surface area (Å²) in [5, 5.41) is 9.01. The van der Waals surface area contributed by atoms with E-state index in [-0.39, 0.29) is 0 Å². The Hall–Kier alpha value is -3.43. The lowest BCUT2D eigenvalue weighted by molar-refractivity contribution is -0.136. The molecule has 0 saturated heterocycles. The van der Waals surface area contributed by atoms with Crippen LogP contribution in [-0.2, 0) is 9.63 Å². The molecule has 134 valence electrons. The number of halogens is 1. The van der Waals surface area contributed by atoms with Crippen molar-refractivity contribution in [2.45, 2.75) is 0 Å². The van der Waals surface area contributed by atoms with Crippen molar-refractivity contribution in [2.24, 2.45) is 5.16 Å². The van der Waals surface area contributed by atoms with Crippen molar-refractivity contribution in [3.8, 4) is 0 Å². The Labute approximate surface area is 166 Å². The van der Waals surface area contributed by atoms with E-state index in [1.54, 1.807) is 12.1 Å². The highest BCUT2D eigenvalue weighted by Gasteiger charge is 2.27. The molecule has 1 aliphatic heterocycles. The van der Waals surface area contributed by atoms with Gasteiger partial charge in [0.15, 0.2) is 0 Å². The molecule has 0 fully saturated rings. The first-order valence-electron chi connectivity index (χ1n) is 8.88. The number of hydrogen-bond acceptors (Lipinski definition) is 3. The highest BCUT2D eigenvalue weighted by molar-refractivity contribution is 6.33. The van der Waals surface area contributed by atoms with Gasteiger partial charge in [0.25, 0.3) is 0 Å². The molecule has 28 heavy (non-hydrogen) atoms. The molecule has 0 N–H and O–H groups in total. The van der Waals surface area contributed by atoms with Gasteiger partial charge < -0.3 is 4.84 Å². The minimum absolute atomic E-state index is 0.434. The van der Waals surface area contributed by atoms with Gasteiger partial charge in [-0.1, -0.05) is 77.4 Å². The van der Waals surface area contributed by atoms with Crippen LogP contribution in [0.3, 0.4) is 0 Å². The Morgan fingerprint density at radius 3 is 2.07 bits per heavy atom. The molecule has 0 aliphatic carbocycles. The zero-order valence-electron chi connectivity index (χ0n) is 14.7. The van der Waals surface area contributed by atoms with E-state index >= 15 is 0 Å². The number of nitrogens with zero attached hydrogens (tertiary/aromatic N) is 1. The van der Waals surface area contributed by atoms with Crippen LogP contribution in [0.1, 0.15) is 11.1 Å². The molecule has 0 spiro atoms. The molecule has 0 saturated carbocycles. The Kier molecular flexibility index (Phi) is 3.96. The van der Waals surface area contributed by atoms with Crippen molar-refractivity contribution in [1.29, 1.82) is 0 Å². The smallest absolute Gasteiger partial charge is 0.312 e. The second-order valence-corrected chi connectivity index (χ2v) is 7.05. The van der Waals surface area contributed by atoms with Crippen LogP contribution in [0.5, 0.6) is 0 Å². The first-order chi connectivity index (χ1) is 13.7. The molecular formula is C24H14ClNO2. The number of benzene rings is 4. The lowest BCUT2D eigenvalue weighted by Crippen LogP contribution is -2.07. The lowest BCUT2D eigenvalue weighted by atomic mass is 9.93. The maximum absolute atomic E-state index is 12.5. The summed E-state index contributed by atoms with van der Waals surface area (Å²) in [5.41, 5.74) is 2.71. The summed E-state index contributed by atoms with van der Waals surface area (Å²) in [5.74, 6) is -0.457. The fourth-order valence-corrected chi connectivity index (χ4v) is 3.70. The Bertz CT molecular complexity index is 1250. The normalized spacial score (nSPS) is 15.2. The van der Waals surface area contributed by atoms with Gasteiger partial charge in [0.05, 0.1) is 5.57 Å². The van der Waals surface area contributed by atoms with Crippen LogP contribution in [0.2, 0.25) is 5.02 Å². The van der Waals surface area contributed by atoms with Crippen LogP contribution in [0.25, 0.3) is 27.6 Å². The molecule has 0 radical (unpaired) electrons. The van der Waals surface area contributed by atoms with Crippen LogP contribution in [0, 0.1) is 0 Å². The summed E-state index contributed by atoms with van der Waals surface area (Å²) < 4.78 is 0. The molecule has 3 nitrogen and oxygen atoms in total. The monoisotopic (exact) mass is 383 g/mol. The van der Waals surface area contributed by atoms with Gasteiger partial charge in [0.1, 0.15) is 5.71 Å². The Morgan fingerprint density at radius 2 is 1.43 bits per heavy atom. The predicted molar refractivity (Wildman–Crippen MR) is 114 cm³/mol. The van der Waals surface area contributed by atoms with Crippen molar-refractivity contribution in [1.82, 2.24) is 0 Å². The predicted octanol–water partition coefficient (Wildman–Crippen LogP) is 5.99. The molecule has 0 bridgehead atoms. The average Bonchev–Trinajstić information content (AvgIpc) is 3.09. The van der Waals surface area contributed by atoms with E-state index in [1.807, 2.05) is 42.5 Å². The van der Waals surface area contributed by atoms with Gasteiger partial charge in [-0.2, -0.15) is 0 Å². The van der Waals surface area contributed by atoms with Crippen LogP contribution < -0.4 is 0 Å². The molecule has 0 unspecified atom stereocenters. The van der Waals surface area contributed by atoms with Crippen molar-refractivity contribution in [2.75, 3.05) is 0 Å². The molecule has 4 aromatic rings. The topological polar surface area (TPSA) is 38.7 Å². The molecule has 5 rings (SSSR count). The van der Waals surface area contributed by atoms with Gasteiger partial charge in [-0.15, -0.1) is 0 Å². The van der Waals surface area contributed by atoms with Gasteiger partial charge in [-0.3, -0.25) is 0 Å². The second kappa shape index (κ2) is 6.63. The molecular weight excluding hydrogens is 370 g/mol. The fourth-order valence-electron chi connectivity index (χ4n) is 3.57. The van der Waals surface area contributed by atoms with E-state index in [2.05, 4.69) is 35.5 Å². The maximum atomic E-state index is 12.5. The molecule has 4 heteroatoms. The number of oxime groups is 1. The maximum Gasteiger partial charge on any atom is 0.368 e. The molecule has 4 aromatic carbocycles.